The molecule has 3 amide bonds. The summed E-state index contributed by atoms with van der Waals surface area (Å²) in [6.45, 7) is -0.675. The van der Waals surface area contributed by atoms with Gasteiger partial charge in [0, 0.05) is 22.7 Å². The predicted molar refractivity (Wildman–Crippen MR) is 125 cm³/mol. The van der Waals surface area contributed by atoms with Gasteiger partial charge in [0.05, 0.1) is 27.3 Å². The number of amides is 3. The van der Waals surface area contributed by atoms with Gasteiger partial charge in [-0.3, -0.25) is 29.3 Å². The summed E-state index contributed by atoms with van der Waals surface area (Å²) in [6, 6.07) is 9.18. The minimum Gasteiger partial charge on any atom is -0.292 e. The quantitative estimate of drug-likeness (QED) is 0.246. The smallest absolute Gasteiger partial charge is 0.274 e. The van der Waals surface area contributed by atoms with Crippen LogP contribution >= 0.6 is 23.2 Å². The van der Waals surface area contributed by atoms with Crippen LogP contribution in [-0.4, -0.2) is 45.0 Å². The first-order valence-corrected chi connectivity index (χ1v) is 11.8. The van der Waals surface area contributed by atoms with Crippen molar-refractivity contribution in [3.63, 3.8) is 0 Å². The van der Waals surface area contributed by atoms with Gasteiger partial charge < -0.3 is 0 Å². The van der Waals surface area contributed by atoms with E-state index in [1.807, 2.05) is 0 Å². The maximum atomic E-state index is 13.6. The lowest BCUT2D eigenvalue weighted by Crippen LogP contribution is -2.52. The molecule has 2 aliphatic carbocycles. The molecular weight excluding hydrogens is 497 g/mol. The molecule has 0 radical (unpaired) electrons. The van der Waals surface area contributed by atoms with Crippen LogP contribution in [0.15, 0.2) is 42.5 Å². The summed E-state index contributed by atoms with van der Waals surface area (Å²) >= 11 is 12.2. The highest BCUT2D eigenvalue weighted by Crippen LogP contribution is 2.56. The second-order valence-corrected chi connectivity index (χ2v) is 9.93. The Hall–Kier alpha value is -3.30. The first-order valence-electron chi connectivity index (χ1n) is 11.1. The third-order valence-corrected chi connectivity index (χ3v) is 7.76. The summed E-state index contributed by atoms with van der Waals surface area (Å²) < 4.78 is 0. The predicted octanol–water partition coefficient (Wildman–Crippen LogP) is 4.17. The number of rotatable bonds is 6. The van der Waals surface area contributed by atoms with Gasteiger partial charge in [-0.15, -0.1) is 0 Å². The lowest BCUT2D eigenvalue weighted by molar-refractivity contribution is -0.384. The van der Waals surface area contributed by atoms with Gasteiger partial charge in [-0.05, 0) is 49.3 Å². The molecule has 1 aliphatic heterocycles. The number of nitro groups is 1. The van der Waals surface area contributed by atoms with E-state index in [2.05, 4.69) is 0 Å². The average Bonchev–Trinajstić information content (AvgIpc) is 3.51. The van der Waals surface area contributed by atoms with Gasteiger partial charge in [-0.1, -0.05) is 35.3 Å². The second-order valence-electron chi connectivity index (χ2n) is 9.09. The Bertz CT molecular complexity index is 1270. The Morgan fingerprint density at radius 3 is 2.29 bits per heavy atom. The fraction of sp³-hybridized carbons (Fsp3) is 0.333. The maximum absolute atomic E-state index is 13.6. The largest absolute Gasteiger partial charge is 0.292 e. The fourth-order valence-corrected chi connectivity index (χ4v) is 6.18. The molecule has 11 heteroatoms. The van der Waals surface area contributed by atoms with Gasteiger partial charge in [0.15, 0.2) is 5.78 Å². The molecule has 2 aromatic carbocycles. The van der Waals surface area contributed by atoms with Crippen LogP contribution in [0.3, 0.4) is 0 Å². The van der Waals surface area contributed by atoms with E-state index < -0.39 is 46.8 Å². The zero-order chi connectivity index (χ0) is 25.0. The van der Waals surface area contributed by atoms with E-state index >= 15 is 0 Å². The third kappa shape index (κ3) is 3.88. The van der Waals surface area contributed by atoms with Crippen molar-refractivity contribution in [2.45, 2.75) is 19.3 Å². The minimum absolute atomic E-state index is 0.00495. The molecule has 0 N–H and O–H groups in total. The number of halogens is 2. The molecule has 1 saturated heterocycles. The molecule has 2 aromatic rings. The van der Waals surface area contributed by atoms with Gasteiger partial charge in [0.2, 0.25) is 0 Å². The number of ketones is 1. The van der Waals surface area contributed by atoms with E-state index in [9.17, 15) is 29.3 Å². The molecule has 4 atom stereocenters. The van der Waals surface area contributed by atoms with Gasteiger partial charge >= 0.3 is 0 Å². The number of hydrogen-bond donors (Lipinski definition) is 0. The third-order valence-electron chi connectivity index (χ3n) is 7.21. The zero-order valence-corrected chi connectivity index (χ0v) is 19.7. The van der Waals surface area contributed by atoms with Gasteiger partial charge in [0.1, 0.15) is 6.54 Å². The summed E-state index contributed by atoms with van der Waals surface area (Å²) in [7, 11) is 0. The maximum Gasteiger partial charge on any atom is 0.274 e. The highest BCUT2D eigenvalue weighted by Gasteiger charge is 2.62. The number of nitro benzene ring substituents is 1. The van der Waals surface area contributed by atoms with E-state index in [-0.39, 0.29) is 38.7 Å². The molecule has 35 heavy (non-hydrogen) atoms. The summed E-state index contributed by atoms with van der Waals surface area (Å²) in [4.78, 5) is 64.1. The summed E-state index contributed by atoms with van der Waals surface area (Å²) in [5, 5.41) is 13.0. The van der Waals surface area contributed by atoms with Crippen LogP contribution in [0.4, 0.5) is 5.69 Å². The molecule has 3 fully saturated rings. The van der Waals surface area contributed by atoms with E-state index in [0.717, 1.165) is 35.3 Å². The van der Waals surface area contributed by atoms with Crippen molar-refractivity contribution < 1.29 is 24.1 Å². The van der Waals surface area contributed by atoms with Crippen LogP contribution in [0.5, 0.6) is 0 Å². The second kappa shape index (κ2) is 8.73. The van der Waals surface area contributed by atoms with Crippen LogP contribution in [0, 0.1) is 33.8 Å². The summed E-state index contributed by atoms with van der Waals surface area (Å²) in [5.41, 5.74) is -0.365. The SMILES string of the molecule is O=C(CN(C(=O)c1ccc(Cl)cc1Cl)N1C(=O)[C@@H]2[C@@H]3CC[C@@H](C3)[C@@H]2C1=O)c1cccc([N+](=O)[O-])c1. The minimum atomic E-state index is -0.820. The van der Waals surface area contributed by atoms with Crippen molar-refractivity contribution in [3.05, 3.63) is 73.8 Å². The number of non-ortho nitro benzene ring substituents is 1. The average molecular weight is 516 g/mol. The van der Waals surface area contributed by atoms with E-state index in [1.165, 1.54) is 36.4 Å². The molecule has 0 spiro atoms. The Morgan fingerprint density at radius 2 is 1.69 bits per heavy atom. The number of Topliss-reactive ketones (excluding diaryl/α,β-unsaturated/α-hetero) is 1. The number of hydrazine groups is 1. The van der Waals surface area contributed by atoms with Crippen molar-refractivity contribution in [2.75, 3.05) is 6.54 Å². The number of nitrogens with zero attached hydrogens (tertiary/aromatic N) is 3. The molecule has 3 aliphatic rings. The van der Waals surface area contributed by atoms with Gasteiger partial charge in [-0.25, -0.2) is 5.01 Å². The summed E-state index contributed by atoms with van der Waals surface area (Å²) in [6.07, 6.45) is 2.51. The first-order chi connectivity index (χ1) is 16.7. The van der Waals surface area contributed by atoms with Crippen molar-refractivity contribution in [1.82, 2.24) is 10.0 Å². The van der Waals surface area contributed by atoms with Gasteiger partial charge in [0.25, 0.3) is 23.4 Å². The molecule has 0 unspecified atom stereocenters. The normalized spacial score (nSPS) is 24.6. The number of imide groups is 1. The Kier molecular flexibility index (Phi) is 5.85. The Labute approximate surface area is 209 Å². The van der Waals surface area contributed by atoms with Crippen LogP contribution in [-0.2, 0) is 9.59 Å². The highest BCUT2D eigenvalue weighted by molar-refractivity contribution is 6.36. The molecule has 9 nitrogen and oxygen atoms in total. The van der Waals surface area contributed by atoms with Crippen molar-refractivity contribution >= 4 is 52.4 Å². The standard InChI is InChI=1S/C24H19Cl2N3O6/c25-15-6-7-17(18(26)10-15)22(31)27(11-19(30)12-2-1-3-16(9-12)29(34)35)28-23(32)20-13-4-5-14(8-13)21(20)24(28)33/h1-3,6-7,9-10,13-14,20-21H,4-5,8,11H2/t13-,14+,20-,21+. The number of fused-ring (bicyclic) bond motifs is 5. The number of carbonyl (C=O) groups is 4. The molecular formula is C24H19Cl2N3O6. The number of hydrogen-bond acceptors (Lipinski definition) is 6. The topological polar surface area (TPSA) is 118 Å². The van der Waals surface area contributed by atoms with Crippen molar-refractivity contribution in [3.8, 4) is 0 Å². The monoisotopic (exact) mass is 515 g/mol. The van der Waals surface area contributed by atoms with Crippen molar-refractivity contribution in [2.24, 2.45) is 23.7 Å². The van der Waals surface area contributed by atoms with Crippen LogP contribution < -0.4 is 0 Å². The van der Waals surface area contributed by atoms with Crippen LogP contribution in [0.25, 0.3) is 0 Å². The van der Waals surface area contributed by atoms with Gasteiger partial charge in [-0.2, -0.15) is 5.01 Å². The molecule has 2 bridgehead atoms. The lowest BCUT2D eigenvalue weighted by Gasteiger charge is -2.31. The highest BCUT2D eigenvalue weighted by atomic mass is 35.5. The molecule has 1 heterocycles. The van der Waals surface area contributed by atoms with Crippen LogP contribution in [0.1, 0.15) is 40.0 Å². The van der Waals surface area contributed by atoms with E-state index in [1.54, 1.807) is 0 Å². The molecule has 2 saturated carbocycles. The first kappa shape index (κ1) is 23.4. The van der Waals surface area contributed by atoms with E-state index in [0.29, 0.717) is 0 Å². The lowest BCUT2D eigenvalue weighted by atomic mass is 9.81. The Morgan fingerprint density at radius 1 is 1.03 bits per heavy atom. The molecule has 180 valence electrons. The van der Waals surface area contributed by atoms with E-state index in [4.69, 9.17) is 23.2 Å². The molecule has 5 rings (SSSR count). The zero-order valence-electron chi connectivity index (χ0n) is 18.2. The number of carbonyl (C=O) groups excluding carboxylic acids is 4. The van der Waals surface area contributed by atoms with Crippen LogP contribution in [0.2, 0.25) is 10.0 Å². The van der Waals surface area contributed by atoms with Crippen molar-refractivity contribution in [1.29, 1.82) is 0 Å². The summed E-state index contributed by atoms with van der Waals surface area (Å²) in [5.74, 6) is -3.36. The fourth-order valence-electron chi connectivity index (χ4n) is 5.69. The molecule has 0 aromatic heterocycles. The number of benzene rings is 2. The Balaban J connectivity index is 1.52.